The summed E-state index contributed by atoms with van der Waals surface area (Å²) in [7, 11) is 0. The second kappa shape index (κ2) is 8.15. The Morgan fingerprint density at radius 3 is 2.59 bits per heavy atom. The molecule has 1 aromatic carbocycles. The van der Waals surface area contributed by atoms with Gasteiger partial charge in [-0.2, -0.15) is 0 Å². The fourth-order valence-electron chi connectivity index (χ4n) is 2.87. The van der Waals surface area contributed by atoms with Crippen LogP contribution in [0.15, 0.2) is 24.3 Å². The van der Waals surface area contributed by atoms with Crippen LogP contribution in [0, 0.1) is 0 Å². The number of nitrogens with zero attached hydrogens (tertiary/aromatic N) is 1. The number of benzene rings is 1. The number of aliphatic hydroxyl groups excluding tert-OH is 2. The zero-order valence-corrected chi connectivity index (χ0v) is 13.1. The zero-order chi connectivity index (χ0) is 15.9. The van der Waals surface area contributed by atoms with Gasteiger partial charge >= 0.3 is 5.97 Å². The van der Waals surface area contributed by atoms with E-state index in [1.165, 1.54) is 6.42 Å². The summed E-state index contributed by atoms with van der Waals surface area (Å²) in [6, 6.07) is 7.53. The maximum atomic E-state index is 11.5. The zero-order valence-electron chi connectivity index (χ0n) is 13.1. The molecule has 0 amide bonds. The molecule has 22 heavy (non-hydrogen) atoms. The van der Waals surface area contributed by atoms with E-state index in [2.05, 4.69) is 4.90 Å². The Morgan fingerprint density at radius 2 is 1.91 bits per heavy atom. The standard InChI is InChI=1S/C17H25NO4/c1-2-22-16(20)12-15(19)17(21)13-8-4-5-9-14(13)18-10-6-3-7-11-18/h4-5,8-9,15,17,19,21H,2-3,6-7,10-12H2,1H3. The number of esters is 1. The molecule has 5 heteroatoms. The number of carbonyl (C=O) groups excluding carboxylic acids is 1. The van der Waals surface area contributed by atoms with Crippen LogP contribution in [0.4, 0.5) is 5.69 Å². The lowest BCUT2D eigenvalue weighted by molar-refractivity contribution is -0.147. The van der Waals surface area contributed by atoms with Gasteiger partial charge in [0.1, 0.15) is 6.10 Å². The molecule has 0 aromatic heterocycles. The SMILES string of the molecule is CCOC(=O)CC(O)C(O)c1ccccc1N1CCCCC1. The Labute approximate surface area is 131 Å². The van der Waals surface area contributed by atoms with Crippen LogP contribution in [-0.4, -0.2) is 42.0 Å². The van der Waals surface area contributed by atoms with Crippen molar-refractivity contribution in [3.8, 4) is 0 Å². The van der Waals surface area contributed by atoms with Gasteiger partial charge in [0.05, 0.1) is 19.1 Å². The highest BCUT2D eigenvalue weighted by atomic mass is 16.5. The smallest absolute Gasteiger partial charge is 0.308 e. The van der Waals surface area contributed by atoms with E-state index in [9.17, 15) is 15.0 Å². The molecule has 1 aromatic rings. The molecular formula is C17H25NO4. The highest BCUT2D eigenvalue weighted by Gasteiger charge is 2.26. The van der Waals surface area contributed by atoms with Crippen molar-refractivity contribution < 1.29 is 19.7 Å². The van der Waals surface area contributed by atoms with Crippen molar-refractivity contribution in [3.05, 3.63) is 29.8 Å². The molecule has 122 valence electrons. The van der Waals surface area contributed by atoms with Gasteiger partial charge in [0.25, 0.3) is 0 Å². The lowest BCUT2D eigenvalue weighted by atomic mass is 9.98. The monoisotopic (exact) mass is 307 g/mol. The summed E-state index contributed by atoms with van der Waals surface area (Å²) >= 11 is 0. The quantitative estimate of drug-likeness (QED) is 0.787. The van der Waals surface area contributed by atoms with Crippen molar-refractivity contribution in [2.45, 2.75) is 44.8 Å². The van der Waals surface area contributed by atoms with Crippen LogP contribution in [0.1, 0.15) is 44.3 Å². The van der Waals surface area contributed by atoms with Crippen molar-refractivity contribution in [1.29, 1.82) is 0 Å². The first-order valence-electron chi connectivity index (χ1n) is 7.99. The minimum absolute atomic E-state index is 0.205. The summed E-state index contributed by atoms with van der Waals surface area (Å²) in [6.45, 7) is 3.90. The average Bonchev–Trinajstić information content (AvgIpc) is 2.55. The van der Waals surface area contributed by atoms with Crippen LogP contribution < -0.4 is 4.90 Å². The summed E-state index contributed by atoms with van der Waals surface area (Å²) in [5, 5.41) is 20.6. The topological polar surface area (TPSA) is 70.0 Å². The number of hydrogen-bond donors (Lipinski definition) is 2. The Hall–Kier alpha value is -1.59. The lowest BCUT2D eigenvalue weighted by Crippen LogP contribution is -2.32. The maximum absolute atomic E-state index is 11.5. The molecule has 0 aliphatic carbocycles. The molecule has 1 aliphatic heterocycles. The second-order valence-electron chi connectivity index (χ2n) is 5.63. The van der Waals surface area contributed by atoms with Gasteiger partial charge in [0.15, 0.2) is 0 Å². The fraction of sp³-hybridized carbons (Fsp3) is 0.588. The minimum Gasteiger partial charge on any atom is -0.466 e. The number of piperidine rings is 1. The Bertz CT molecular complexity index is 485. The number of ether oxygens (including phenoxy) is 1. The highest BCUT2D eigenvalue weighted by Crippen LogP contribution is 2.31. The third-order valence-corrected chi connectivity index (χ3v) is 4.00. The van der Waals surface area contributed by atoms with Crippen molar-refractivity contribution in [1.82, 2.24) is 0 Å². The van der Waals surface area contributed by atoms with Gasteiger partial charge in [-0.3, -0.25) is 4.79 Å². The predicted octanol–water partition coefficient (Wildman–Crippen LogP) is 2.02. The third kappa shape index (κ3) is 4.21. The molecule has 1 fully saturated rings. The van der Waals surface area contributed by atoms with Gasteiger partial charge in [0, 0.05) is 24.3 Å². The first-order valence-corrected chi connectivity index (χ1v) is 7.99. The molecule has 1 heterocycles. The van der Waals surface area contributed by atoms with Gasteiger partial charge in [-0.1, -0.05) is 18.2 Å². The first-order chi connectivity index (χ1) is 10.6. The van der Waals surface area contributed by atoms with E-state index in [-0.39, 0.29) is 13.0 Å². The number of rotatable bonds is 6. The molecule has 5 nitrogen and oxygen atoms in total. The van der Waals surface area contributed by atoms with Crippen molar-refractivity contribution in [3.63, 3.8) is 0 Å². The van der Waals surface area contributed by atoms with Crippen molar-refractivity contribution in [2.24, 2.45) is 0 Å². The van der Waals surface area contributed by atoms with E-state index in [0.717, 1.165) is 31.6 Å². The normalized spacial score (nSPS) is 17.9. The Balaban J connectivity index is 2.11. The van der Waals surface area contributed by atoms with E-state index in [1.54, 1.807) is 6.92 Å². The molecule has 2 unspecified atom stereocenters. The summed E-state index contributed by atoms with van der Waals surface area (Å²) < 4.78 is 4.82. The van der Waals surface area contributed by atoms with E-state index < -0.39 is 18.2 Å². The summed E-state index contributed by atoms with van der Waals surface area (Å²) in [5.41, 5.74) is 1.61. The van der Waals surface area contributed by atoms with Gasteiger partial charge in [-0.15, -0.1) is 0 Å². The Kier molecular flexibility index (Phi) is 6.21. The van der Waals surface area contributed by atoms with Gasteiger partial charge in [-0.05, 0) is 32.3 Å². The second-order valence-corrected chi connectivity index (χ2v) is 5.63. The van der Waals surface area contributed by atoms with Gasteiger partial charge < -0.3 is 19.8 Å². The molecule has 0 spiro atoms. The van der Waals surface area contributed by atoms with Crippen LogP contribution in [0.25, 0.3) is 0 Å². The van der Waals surface area contributed by atoms with Crippen LogP contribution in [0.2, 0.25) is 0 Å². The molecule has 1 saturated heterocycles. The molecule has 1 aliphatic rings. The maximum Gasteiger partial charge on any atom is 0.308 e. The lowest BCUT2D eigenvalue weighted by Gasteiger charge is -2.32. The minimum atomic E-state index is -1.16. The number of para-hydroxylation sites is 1. The first kappa shape index (κ1) is 16.8. The number of anilines is 1. The molecule has 0 saturated carbocycles. The van der Waals surface area contributed by atoms with Gasteiger partial charge in [-0.25, -0.2) is 0 Å². The largest absolute Gasteiger partial charge is 0.466 e. The van der Waals surface area contributed by atoms with Gasteiger partial charge in [0.2, 0.25) is 0 Å². The van der Waals surface area contributed by atoms with Crippen LogP contribution in [0.5, 0.6) is 0 Å². The molecule has 0 bridgehead atoms. The molecule has 2 N–H and O–H groups in total. The van der Waals surface area contributed by atoms with Crippen LogP contribution in [0.3, 0.4) is 0 Å². The number of carbonyl (C=O) groups is 1. The molecular weight excluding hydrogens is 282 g/mol. The highest BCUT2D eigenvalue weighted by molar-refractivity contribution is 5.70. The number of hydrogen-bond acceptors (Lipinski definition) is 5. The van der Waals surface area contributed by atoms with Crippen molar-refractivity contribution in [2.75, 3.05) is 24.6 Å². The molecule has 0 radical (unpaired) electrons. The van der Waals surface area contributed by atoms with E-state index >= 15 is 0 Å². The fourth-order valence-corrected chi connectivity index (χ4v) is 2.87. The van der Waals surface area contributed by atoms with E-state index in [1.807, 2.05) is 24.3 Å². The Morgan fingerprint density at radius 1 is 1.23 bits per heavy atom. The average molecular weight is 307 g/mol. The molecule has 2 atom stereocenters. The summed E-state index contributed by atoms with van der Waals surface area (Å²) in [5.74, 6) is -0.496. The summed E-state index contributed by atoms with van der Waals surface area (Å²) in [4.78, 5) is 13.7. The number of aliphatic hydroxyl groups is 2. The van der Waals surface area contributed by atoms with Crippen LogP contribution >= 0.6 is 0 Å². The predicted molar refractivity (Wildman–Crippen MR) is 84.7 cm³/mol. The van der Waals surface area contributed by atoms with E-state index in [0.29, 0.717) is 5.56 Å². The van der Waals surface area contributed by atoms with Crippen LogP contribution in [-0.2, 0) is 9.53 Å². The molecule has 2 rings (SSSR count). The summed E-state index contributed by atoms with van der Waals surface area (Å²) in [6.07, 6.45) is 1.04. The third-order valence-electron chi connectivity index (χ3n) is 4.00. The van der Waals surface area contributed by atoms with Crippen molar-refractivity contribution >= 4 is 11.7 Å². The van der Waals surface area contributed by atoms with E-state index in [4.69, 9.17) is 4.74 Å².